The maximum Gasteiger partial charge on any atom is 0.197 e. The predicted molar refractivity (Wildman–Crippen MR) is 101 cm³/mol. The molecule has 1 rings (SSSR count). The van der Waals surface area contributed by atoms with Gasteiger partial charge in [-0.1, -0.05) is 60.1 Å². The van der Waals surface area contributed by atoms with Crippen molar-refractivity contribution in [2.45, 2.75) is 93.0 Å². The Morgan fingerprint density at radius 3 is 1.91 bits per heavy atom. The van der Waals surface area contributed by atoms with E-state index in [1.54, 1.807) is 0 Å². The molecule has 0 amide bonds. The Morgan fingerprint density at radius 2 is 1.48 bits per heavy atom. The van der Waals surface area contributed by atoms with Crippen LogP contribution in [-0.2, 0) is 4.74 Å². The van der Waals surface area contributed by atoms with Crippen molar-refractivity contribution >= 4 is 0 Å². The zero-order chi connectivity index (χ0) is 17.8. The first-order valence-electron chi connectivity index (χ1n) is 9.39. The minimum atomic E-state index is -0.206. The van der Waals surface area contributed by atoms with E-state index in [2.05, 4.69) is 58.9 Å². The first-order chi connectivity index (χ1) is 11.0. The van der Waals surface area contributed by atoms with E-state index in [1.807, 2.05) is 20.8 Å². The summed E-state index contributed by atoms with van der Waals surface area (Å²) in [7, 11) is 0. The molecule has 0 heterocycles. The molecule has 0 fully saturated rings. The number of benzene rings is 1. The van der Waals surface area contributed by atoms with Crippen molar-refractivity contribution in [2.24, 2.45) is 5.92 Å². The molecule has 3 atom stereocenters. The van der Waals surface area contributed by atoms with Gasteiger partial charge in [-0.2, -0.15) is 0 Å². The Bertz CT molecular complexity index is 383. The van der Waals surface area contributed by atoms with Gasteiger partial charge in [0.2, 0.25) is 0 Å². The summed E-state index contributed by atoms with van der Waals surface area (Å²) in [5.41, 5.74) is 1.41. The lowest BCUT2D eigenvalue weighted by molar-refractivity contribution is -0.102. The molecular formula is C21H38O2. The Kier molecular flexibility index (Phi) is 11.9. The lowest BCUT2D eigenvalue weighted by Crippen LogP contribution is -2.21. The fourth-order valence-corrected chi connectivity index (χ4v) is 2.63. The van der Waals surface area contributed by atoms with Crippen molar-refractivity contribution in [3.63, 3.8) is 0 Å². The molecule has 0 aliphatic heterocycles. The fraction of sp³-hybridized carbons (Fsp3) is 0.714. The molecule has 0 saturated carbocycles. The van der Waals surface area contributed by atoms with Gasteiger partial charge in [0.05, 0.1) is 6.10 Å². The van der Waals surface area contributed by atoms with E-state index in [0.717, 1.165) is 12.2 Å². The fourth-order valence-electron chi connectivity index (χ4n) is 2.63. The van der Waals surface area contributed by atoms with E-state index in [9.17, 15) is 0 Å². The van der Waals surface area contributed by atoms with Crippen molar-refractivity contribution in [1.29, 1.82) is 0 Å². The van der Waals surface area contributed by atoms with Crippen LogP contribution in [0.25, 0.3) is 0 Å². The van der Waals surface area contributed by atoms with Crippen LogP contribution >= 0.6 is 0 Å². The molecule has 134 valence electrons. The van der Waals surface area contributed by atoms with Crippen LogP contribution in [0, 0.1) is 5.92 Å². The second-order valence-electron chi connectivity index (χ2n) is 6.25. The van der Waals surface area contributed by atoms with E-state index in [-0.39, 0.29) is 12.4 Å². The molecule has 0 N–H and O–H groups in total. The number of rotatable bonds is 9. The Hall–Kier alpha value is -1.02. The van der Waals surface area contributed by atoms with Crippen LogP contribution in [0.3, 0.4) is 0 Å². The molecule has 0 radical (unpaired) electrons. The highest BCUT2D eigenvalue weighted by Gasteiger charge is 2.15. The largest absolute Gasteiger partial charge is 0.465 e. The van der Waals surface area contributed by atoms with Crippen molar-refractivity contribution in [3.05, 3.63) is 29.8 Å². The third-order valence-electron chi connectivity index (χ3n) is 4.01. The summed E-state index contributed by atoms with van der Waals surface area (Å²) in [6.07, 6.45) is 3.49. The van der Waals surface area contributed by atoms with E-state index in [0.29, 0.717) is 11.8 Å². The summed E-state index contributed by atoms with van der Waals surface area (Å²) in [5, 5.41) is 0. The van der Waals surface area contributed by atoms with Crippen LogP contribution in [0.15, 0.2) is 24.3 Å². The second kappa shape index (κ2) is 12.4. The van der Waals surface area contributed by atoms with Crippen molar-refractivity contribution in [2.75, 3.05) is 0 Å². The van der Waals surface area contributed by atoms with Gasteiger partial charge in [0.1, 0.15) is 5.75 Å². The van der Waals surface area contributed by atoms with Crippen molar-refractivity contribution < 1.29 is 9.47 Å². The third-order valence-corrected chi connectivity index (χ3v) is 4.01. The molecule has 3 unspecified atom stereocenters. The van der Waals surface area contributed by atoms with Gasteiger partial charge in [-0.25, -0.2) is 0 Å². The molecule has 0 aromatic heterocycles. The van der Waals surface area contributed by atoms with Gasteiger partial charge in [-0.05, 0) is 56.2 Å². The predicted octanol–water partition coefficient (Wildman–Crippen LogP) is 6.79. The van der Waals surface area contributed by atoms with Crippen LogP contribution in [0.1, 0.15) is 86.1 Å². The Labute approximate surface area is 144 Å². The minimum absolute atomic E-state index is 0.206. The average Bonchev–Trinajstić information content (AvgIpc) is 2.55. The minimum Gasteiger partial charge on any atom is -0.465 e. The number of hydrogen-bond donors (Lipinski definition) is 0. The van der Waals surface area contributed by atoms with Gasteiger partial charge in [-0.15, -0.1) is 0 Å². The zero-order valence-corrected chi connectivity index (χ0v) is 16.6. The van der Waals surface area contributed by atoms with E-state index >= 15 is 0 Å². The van der Waals surface area contributed by atoms with Gasteiger partial charge in [0.15, 0.2) is 6.29 Å². The highest BCUT2D eigenvalue weighted by Crippen LogP contribution is 2.30. The normalized spacial score (nSPS) is 14.7. The van der Waals surface area contributed by atoms with Crippen molar-refractivity contribution in [3.8, 4) is 5.75 Å². The quantitative estimate of drug-likeness (QED) is 0.466. The van der Waals surface area contributed by atoms with Crippen molar-refractivity contribution in [1.82, 2.24) is 0 Å². The molecule has 0 aliphatic carbocycles. The Balaban J connectivity index is 0.00000232. The summed E-state index contributed by atoms with van der Waals surface area (Å²) >= 11 is 0. The third kappa shape index (κ3) is 8.41. The van der Waals surface area contributed by atoms with E-state index in [4.69, 9.17) is 9.47 Å². The highest BCUT2D eigenvalue weighted by atomic mass is 16.7. The standard InChI is InChI=1S/C19H32O2.C2H6/c1-7-9-19(14(3)4)17-10-12-18(13-11-17)21-16(6)20-15(5)8-2;1-2/h10-16,19H,7-9H2,1-6H3;1-2H3. The summed E-state index contributed by atoms with van der Waals surface area (Å²) in [4.78, 5) is 0. The van der Waals surface area contributed by atoms with E-state index in [1.165, 1.54) is 18.4 Å². The number of hydrogen-bond acceptors (Lipinski definition) is 2. The number of ether oxygens (including phenoxy) is 2. The van der Waals surface area contributed by atoms with Crippen LogP contribution in [0.4, 0.5) is 0 Å². The average molecular weight is 323 g/mol. The van der Waals surface area contributed by atoms with Gasteiger partial charge >= 0.3 is 0 Å². The van der Waals surface area contributed by atoms with Gasteiger partial charge in [-0.3, -0.25) is 0 Å². The molecule has 0 bridgehead atoms. The topological polar surface area (TPSA) is 18.5 Å². The summed E-state index contributed by atoms with van der Waals surface area (Å²) in [6.45, 7) is 17.0. The van der Waals surface area contributed by atoms with Gasteiger partial charge in [0, 0.05) is 0 Å². The molecule has 2 nitrogen and oxygen atoms in total. The lowest BCUT2D eigenvalue weighted by Gasteiger charge is -2.22. The smallest absolute Gasteiger partial charge is 0.197 e. The van der Waals surface area contributed by atoms with Gasteiger partial charge in [0.25, 0.3) is 0 Å². The van der Waals surface area contributed by atoms with Crippen LogP contribution in [0.2, 0.25) is 0 Å². The van der Waals surface area contributed by atoms with Crippen LogP contribution in [0.5, 0.6) is 5.75 Å². The molecule has 1 aromatic rings. The van der Waals surface area contributed by atoms with E-state index < -0.39 is 0 Å². The molecule has 23 heavy (non-hydrogen) atoms. The van der Waals surface area contributed by atoms with Crippen LogP contribution in [-0.4, -0.2) is 12.4 Å². The summed E-state index contributed by atoms with van der Waals surface area (Å²) in [6, 6.07) is 8.53. The Morgan fingerprint density at radius 1 is 0.913 bits per heavy atom. The first kappa shape index (κ1) is 22.0. The van der Waals surface area contributed by atoms with Crippen LogP contribution < -0.4 is 4.74 Å². The highest BCUT2D eigenvalue weighted by molar-refractivity contribution is 5.29. The molecule has 0 spiro atoms. The maximum atomic E-state index is 5.82. The second-order valence-corrected chi connectivity index (χ2v) is 6.25. The molecular weight excluding hydrogens is 284 g/mol. The molecule has 2 heteroatoms. The lowest BCUT2D eigenvalue weighted by atomic mass is 9.85. The summed E-state index contributed by atoms with van der Waals surface area (Å²) in [5.74, 6) is 2.19. The zero-order valence-electron chi connectivity index (χ0n) is 16.6. The SMILES string of the molecule is CC.CCCC(c1ccc(OC(C)OC(C)CC)cc1)C(C)C. The first-order valence-corrected chi connectivity index (χ1v) is 9.39. The maximum absolute atomic E-state index is 5.82. The molecule has 0 aliphatic rings. The monoisotopic (exact) mass is 322 g/mol. The molecule has 0 saturated heterocycles. The molecule has 1 aromatic carbocycles. The summed E-state index contributed by atoms with van der Waals surface area (Å²) < 4.78 is 11.6. The van der Waals surface area contributed by atoms with Gasteiger partial charge < -0.3 is 9.47 Å².